The Kier molecular flexibility index (Phi) is 5.40. The molecule has 1 heterocycles. The average Bonchev–Trinajstić information content (AvgIpc) is 2.50. The topological polar surface area (TPSA) is 29.9 Å². The zero-order valence-electron chi connectivity index (χ0n) is 11.9. The number of rotatable bonds is 6. The van der Waals surface area contributed by atoms with E-state index in [1.54, 1.807) is 4.68 Å². The van der Waals surface area contributed by atoms with Gasteiger partial charge >= 0.3 is 6.18 Å². The minimum atomic E-state index is -4.07. The maximum Gasteiger partial charge on any atom is 0.389 e. The van der Waals surface area contributed by atoms with E-state index in [4.69, 9.17) is 0 Å². The van der Waals surface area contributed by atoms with Gasteiger partial charge in [-0.3, -0.25) is 4.68 Å². The van der Waals surface area contributed by atoms with Crippen LogP contribution in [0.3, 0.4) is 0 Å². The third kappa shape index (κ3) is 4.53. The zero-order chi connectivity index (χ0) is 14.6. The number of hydrogen-bond donors (Lipinski definition) is 1. The Labute approximate surface area is 112 Å². The largest absolute Gasteiger partial charge is 0.389 e. The molecule has 0 saturated carbocycles. The molecule has 110 valence electrons. The Morgan fingerprint density at radius 1 is 1.32 bits per heavy atom. The first-order valence-corrected chi connectivity index (χ1v) is 6.56. The summed E-state index contributed by atoms with van der Waals surface area (Å²) in [6.45, 7) is 6.53. The van der Waals surface area contributed by atoms with E-state index in [9.17, 15) is 13.2 Å². The Morgan fingerprint density at radius 3 is 2.37 bits per heavy atom. The first kappa shape index (κ1) is 16.0. The Hall–Kier alpha value is -1.04. The fourth-order valence-electron chi connectivity index (χ4n) is 2.40. The molecule has 0 fully saturated rings. The molecule has 0 bridgehead atoms. The van der Waals surface area contributed by atoms with Crippen LogP contribution in [0.25, 0.3) is 0 Å². The molecule has 0 spiro atoms. The first-order chi connectivity index (χ1) is 8.76. The molecule has 0 aliphatic carbocycles. The second-order valence-electron chi connectivity index (χ2n) is 4.83. The second kappa shape index (κ2) is 6.41. The number of hydrogen-bond acceptors (Lipinski definition) is 2. The molecule has 1 unspecified atom stereocenters. The van der Waals surface area contributed by atoms with Gasteiger partial charge in [-0.1, -0.05) is 6.92 Å². The van der Waals surface area contributed by atoms with Crippen LogP contribution in [0.2, 0.25) is 0 Å². The van der Waals surface area contributed by atoms with E-state index >= 15 is 0 Å². The fourth-order valence-corrected chi connectivity index (χ4v) is 2.40. The van der Waals surface area contributed by atoms with Crippen molar-refractivity contribution < 1.29 is 13.2 Å². The molecule has 0 saturated heterocycles. The van der Waals surface area contributed by atoms with Crippen molar-refractivity contribution in [2.75, 3.05) is 6.54 Å². The Bertz CT molecular complexity index is 410. The smallest absolute Gasteiger partial charge is 0.310 e. The SMILES string of the molecule is CCNC(CCCC(F)(F)F)c1c(C)nn(C)c1C. The summed E-state index contributed by atoms with van der Waals surface area (Å²) in [5.74, 6) is 0. The van der Waals surface area contributed by atoms with Crippen molar-refractivity contribution >= 4 is 0 Å². The molecule has 19 heavy (non-hydrogen) atoms. The highest BCUT2D eigenvalue weighted by Gasteiger charge is 2.27. The van der Waals surface area contributed by atoms with Crippen LogP contribution in [0, 0.1) is 13.8 Å². The van der Waals surface area contributed by atoms with Gasteiger partial charge in [-0.05, 0) is 33.2 Å². The van der Waals surface area contributed by atoms with Crippen LogP contribution >= 0.6 is 0 Å². The molecule has 1 aromatic heterocycles. The molecule has 0 aliphatic heterocycles. The van der Waals surface area contributed by atoms with Crippen LogP contribution in [0.5, 0.6) is 0 Å². The predicted molar refractivity (Wildman–Crippen MR) is 69.0 cm³/mol. The zero-order valence-corrected chi connectivity index (χ0v) is 11.9. The molecular weight excluding hydrogens is 255 g/mol. The summed E-state index contributed by atoms with van der Waals surface area (Å²) in [5.41, 5.74) is 2.93. The highest BCUT2D eigenvalue weighted by molar-refractivity contribution is 5.28. The van der Waals surface area contributed by atoms with Crippen molar-refractivity contribution in [1.29, 1.82) is 0 Å². The lowest BCUT2D eigenvalue weighted by Crippen LogP contribution is -2.22. The minimum Gasteiger partial charge on any atom is -0.310 e. The average molecular weight is 277 g/mol. The van der Waals surface area contributed by atoms with E-state index in [1.807, 2.05) is 27.8 Å². The maximum atomic E-state index is 12.2. The summed E-state index contributed by atoms with van der Waals surface area (Å²) in [7, 11) is 1.85. The van der Waals surface area contributed by atoms with Gasteiger partial charge in [0.05, 0.1) is 5.69 Å². The number of aryl methyl sites for hydroxylation is 2. The Balaban J connectivity index is 2.77. The minimum absolute atomic E-state index is 0.0546. The van der Waals surface area contributed by atoms with E-state index in [2.05, 4.69) is 10.4 Å². The van der Waals surface area contributed by atoms with Crippen molar-refractivity contribution in [2.24, 2.45) is 7.05 Å². The number of nitrogens with zero attached hydrogens (tertiary/aromatic N) is 2. The lowest BCUT2D eigenvalue weighted by molar-refractivity contribution is -0.135. The molecule has 1 rings (SSSR count). The summed E-state index contributed by atoms with van der Waals surface area (Å²) in [6.07, 6.45) is -4.20. The molecule has 0 amide bonds. The van der Waals surface area contributed by atoms with Gasteiger partial charge in [0.1, 0.15) is 0 Å². The van der Waals surface area contributed by atoms with Crippen LogP contribution in [-0.2, 0) is 7.05 Å². The monoisotopic (exact) mass is 277 g/mol. The molecule has 1 atom stereocenters. The van der Waals surface area contributed by atoms with Crippen LogP contribution < -0.4 is 5.32 Å². The van der Waals surface area contributed by atoms with E-state index in [0.29, 0.717) is 6.42 Å². The third-order valence-corrected chi connectivity index (χ3v) is 3.32. The van der Waals surface area contributed by atoms with Crippen molar-refractivity contribution in [3.8, 4) is 0 Å². The van der Waals surface area contributed by atoms with E-state index in [0.717, 1.165) is 23.5 Å². The van der Waals surface area contributed by atoms with Gasteiger partial charge in [0.25, 0.3) is 0 Å². The van der Waals surface area contributed by atoms with Crippen LogP contribution in [0.4, 0.5) is 13.2 Å². The molecule has 0 aliphatic rings. The standard InChI is InChI=1S/C13H22F3N3/c1-5-17-11(7-6-8-13(14,15)16)12-9(2)18-19(4)10(12)3/h11,17H,5-8H2,1-4H3. The molecule has 3 nitrogen and oxygen atoms in total. The van der Waals surface area contributed by atoms with Crippen molar-refractivity contribution in [3.05, 3.63) is 17.0 Å². The number of alkyl halides is 3. The first-order valence-electron chi connectivity index (χ1n) is 6.56. The number of nitrogens with one attached hydrogen (secondary N) is 1. The van der Waals surface area contributed by atoms with Crippen LogP contribution in [0.1, 0.15) is 49.2 Å². The van der Waals surface area contributed by atoms with Gasteiger partial charge in [0.2, 0.25) is 0 Å². The summed E-state index contributed by atoms with van der Waals surface area (Å²) < 4.78 is 38.4. The lowest BCUT2D eigenvalue weighted by atomic mass is 9.99. The van der Waals surface area contributed by atoms with Crippen LogP contribution in [0.15, 0.2) is 0 Å². The van der Waals surface area contributed by atoms with Gasteiger partial charge < -0.3 is 5.32 Å². The highest BCUT2D eigenvalue weighted by Crippen LogP contribution is 2.29. The fraction of sp³-hybridized carbons (Fsp3) is 0.769. The quantitative estimate of drug-likeness (QED) is 0.863. The van der Waals surface area contributed by atoms with E-state index < -0.39 is 12.6 Å². The normalized spacial score (nSPS) is 13.8. The van der Waals surface area contributed by atoms with Gasteiger partial charge in [-0.25, -0.2) is 0 Å². The van der Waals surface area contributed by atoms with Crippen molar-refractivity contribution in [1.82, 2.24) is 15.1 Å². The Morgan fingerprint density at radius 2 is 1.95 bits per heavy atom. The van der Waals surface area contributed by atoms with E-state index in [1.165, 1.54) is 0 Å². The summed E-state index contributed by atoms with van der Waals surface area (Å²) in [4.78, 5) is 0. The highest BCUT2D eigenvalue weighted by atomic mass is 19.4. The molecule has 1 aromatic rings. The molecule has 1 N–H and O–H groups in total. The summed E-state index contributed by atoms with van der Waals surface area (Å²) in [6, 6.07) is -0.0546. The number of halogens is 3. The number of aromatic nitrogens is 2. The van der Waals surface area contributed by atoms with Gasteiger partial charge in [-0.2, -0.15) is 18.3 Å². The van der Waals surface area contributed by atoms with Gasteiger partial charge in [0.15, 0.2) is 0 Å². The predicted octanol–water partition coefficient (Wildman–Crippen LogP) is 3.42. The summed E-state index contributed by atoms with van der Waals surface area (Å²) in [5, 5.41) is 7.58. The van der Waals surface area contributed by atoms with Crippen molar-refractivity contribution in [2.45, 2.75) is 52.3 Å². The third-order valence-electron chi connectivity index (χ3n) is 3.32. The van der Waals surface area contributed by atoms with Crippen molar-refractivity contribution in [3.63, 3.8) is 0 Å². The molecule has 6 heteroatoms. The van der Waals surface area contributed by atoms with Gasteiger partial charge in [0, 0.05) is 30.8 Å². The molecule has 0 aromatic carbocycles. The van der Waals surface area contributed by atoms with Crippen LogP contribution in [-0.4, -0.2) is 22.5 Å². The second-order valence-corrected chi connectivity index (χ2v) is 4.83. The molecular formula is C13H22F3N3. The van der Waals surface area contributed by atoms with Gasteiger partial charge in [-0.15, -0.1) is 0 Å². The summed E-state index contributed by atoms with van der Waals surface area (Å²) >= 11 is 0. The maximum absolute atomic E-state index is 12.2. The molecule has 0 radical (unpaired) electrons. The van der Waals surface area contributed by atoms with E-state index in [-0.39, 0.29) is 12.5 Å². The lowest BCUT2D eigenvalue weighted by Gasteiger charge is -2.19.